The largest absolute Gasteiger partial charge is 0.508 e. The minimum Gasteiger partial charge on any atom is -0.508 e. The normalized spacial score (nSPS) is 17.1. The summed E-state index contributed by atoms with van der Waals surface area (Å²) in [6, 6.07) is 13.0. The van der Waals surface area contributed by atoms with E-state index in [9.17, 15) is 19.8 Å². The zero-order valence-corrected chi connectivity index (χ0v) is 15.6. The summed E-state index contributed by atoms with van der Waals surface area (Å²) >= 11 is 0. The lowest BCUT2D eigenvalue weighted by Gasteiger charge is -2.27. The Morgan fingerprint density at radius 3 is 2.44 bits per heavy atom. The summed E-state index contributed by atoms with van der Waals surface area (Å²) in [4.78, 5) is 27.2. The first-order chi connectivity index (χ1) is 12.8. The van der Waals surface area contributed by atoms with Crippen molar-refractivity contribution in [1.82, 2.24) is 0 Å². The van der Waals surface area contributed by atoms with Crippen LogP contribution in [0.5, 0.6) is 5.75 Å². The quantitative estimate of drug-likeness (QED) is 0.832. The fourth-order valence-electron chi connectivity index (χ4n) is 3.43. The van der Waals surface area contributed by atoms with Crippen LogP contribution in [0.25, 0.3) is 0 Å². The van der Waals surface area contributed by atoms with Crippen molar-refractivity contribution in [2.24, 2.45) is 5.92 Å². The van der Waals surface area contributed by atoms with Crippen LogP contribution in [-0.2, 0) is 9.59 Å². The molecule has 5 heteroatoms. The van der Waals surface area contributed by atoms with Gasteiger partial charge in [-0.25, -0.2) is 0 Å². The molecule has 0 aliphatic carbocycles. The molecule has 1 aliphatic heterocycles. The molecule has 1 heterocycles. The van der Waals surface area contributed by atoms with Crippen LogP contribution in [0.4, 0.5) is 5.69 Å². The molecule has 27 heavy (non-hydrogen) atoms. The first-order valence-electron chi connectivity index (χ1n) is 8.95. The Labute approximate surface area is 158 Å². The van der Waals surface area contributed by atoms with E-state index in [1.807, 2.05) is 39.0 Å². The molecule has 5 nitrogen and oxygen atoms in total. The number of carbonyl (C=O) groups excluding carboxylic acids is 2. The molecule has 0 bridgehead atoms. The Hall–Kier alpha value is -3.08. The molecule has 140 valence electrons. The second-order valence-electron chi connectivity index (χ2n) is 7.30. The predicted octanol–water partition coefficient (Wildman–Crippen LogP) is 4.22. The van der Waals surface area contributed by atoms with Crippen molar-refractivity contribution in [2.75, 3.05) is 4.90 Å². The maximum Gasteiger partial charge on any atom is 0.294 e. The minimum absolute atomic E-state index is 0.0335. The van der Waals surface area contributed by atoms with E-state index in [4.69, 9.17) is 0 Å². The lowest BCUT2D eigenvalue weighted by Crippen LogP contribution is -2.31. The number of phenolic OH excluding ortho intramolecular Hbond substituents is 1. The van der Waals surface area contributed by atoms with Crippen LogP contribution in [0.2, 0.25) is 0 Å². The third-order valence-electron chi connectivity index (χ3n) is 4.57. The van der Waals surface area contributed by atoms with Crippen molar-refractivity contribution < 1.29 is 19.8 Å². The smallest absolute Gasteiger partial charge is 0.294 e. The van der Waals surface area contributed by atoms with Gasteiger partial charge in [-0.05, 0) is 48.2 Å². The van der Waals surface area contributed by atoms with Crippen LogP contribution in [-0.4, -0.2) is 21.9 Å². The molecule has 3 rings (SSSR count). The number of rotatable bonds is 5. The van der Waals surface area contributed by atoms with Gasteiger partial charge in [-0.15, -0.1) is 0 Å². The highest BCUT2D eigenvalue weighted by atomic mass is 16.3. The van der Waals surface area contributed by atoms with Crippen molar-refractivity contribution in [3.05, 3.63) is 71.0 Å². The van der Waals surface area contributed by atoms with E-state index < -0.39 is 17.7 Å². The average Bonchev–Trinajstić information content (AvgIpc) is 2.86. The molecule has 1 amide bonds. The molecule has 1 aliphatic rings. The van der Waals surface area contributed by atoms with E-state index in [-0.39, 0.29) is 29.4 Å². The van der Waals surface area contributed by atoms with Gasteiger partial charge in [0.15, 0.2) is 11.5 Å². The Morgan fingerprint density at radius 1 is 1.11 bits per heavy atom. The zero-order chi connectivity index (χ0) is 19.7. The summed E-state index contributed by atoms with van der Waals surface area (Å²) in [5.41, 5.74) is 2.20. The van der Waals surface area contributed by atoms with Gasteiger partial charge in [0, 0.05) is 12.1 Å². The third-order valence-corrected chi connectivity index (χ3v) is 4.57. The van der Waals surface area contributed by atoms with Gasteiger partial charge in [-0.1, -0.05) is 38.1 Å². The summed E-state index contributed by atoms with van der Waals surface area (Å²) in [6.07, 6.45) is 0.226. The number of aryl methyl sites for hydroxylation is 1. The number of amides is 1. The molecule has 1 unspecified atom stereocenters. The van der Waals surface area contributed by atoms with Crippen LogP contribution >= 0.6 is 0 Å². The second-order valence-corrected chi connectivity index (χ2v) is 7.30. The lowest BCUT2D eigenvalue weighted by molar-refractivity contribution is -0.118. The Balaban J connectivity index is 2.17. The molecule has 0 saturated heterocycles. The minimum atomic E-state index is -0.780. The fourth-order valence-corrected chi connectivity index (χ4v) is 3.43. The molecule has 0 spiro atoms. The molecule has 0 saturated carbocycles. The number of nitrogens with zero attached hydrogens (tertiary/aromatic N) is 1. The monoisotopic (exact) mass is 365 g/mol. The standard InChI is InChI=1S/C22H23NO4/c1-13(2)10-18(25)19-20(15-7-5-9-17(24)12-15)23(22(27)21(19)26)16-8-4-6-14(3)11-16/h4-9,11-13,20,24,26H,10H2,1-3H3. The molecule has 0 fully saturated rings. The SMILES string of the molecule is Cc1cccc(N2C(=O)C(O)=C(C(=O)CC(C)C)C2c2cccc(O)c2)c1. The number of aliphatic hydroxyl groups is 1. The number of aliphatic hydroxyl groups excluding tert-OH is 1. The van der Waals surface area contributed by atoms with Crippen molar-refractivity contribution in [3.8, 4) is 5.75 Å². The van der Waals surface area contributed by atoms with Crippen LogP contribution in [0, 0.1) is 12.8 Å². The zero-order valence-electron chi connectivity index (χ0n) is 15.6. The number of Topliss-reactive ketones (excluding diaryl/α,β-unsaturated/α-hetero) is 1. The molecule has 0 aromatic heterocycles. The van der Waals surface area contributed by atoms with E-state index in [2.05, 4.69) is 0 Å². The lowest BCUT2D eigenvalue weighted by atomic mass is 9.92. The predicted molar refractivity (Wildman–Crippen MR) is 104 cm³/mol. The highest BCUT2D eigenvalue weighted by Gasteiger charge is 2.44. The number of hydrogen-bond acceptors (Lipinski definition) is 4. The number of ketones is 1. The van der Waals surface area contributed by atoms with E-state index in [1.54, 1.807) is 18.2 Å². The number of phenols is 1. The summed E-state index contributed by atoms with van der Waals surface area (Å²) < 4.78 is 0. The topological polar surface area (TPSA) is 77.8 Å². The Bertz CT molecular complexity index is 929. The van der Waals surface area contributed by atoms with E-state index in [0.29, 0.717) is 11.3 Å². The van der Waals surface area contributed by atoms with E-state index >= 15 is 0 Å². The summed E-state index contributed by atoms with van der Waals surface area (Å²) in [5.74, 6) is -1.27. The van der Waals surface area contributed by atoms with Crippen LogP contribution in [0.1, 0.15) is 37.4 Å². The first-order valence-corrected chi connectivity index (χ1v) is 8.95. The van der Waals surface area contributed by atoms with Gasteiger partial charge >= 0.3 is 0 Å². The van der Waals surface area contributed by atoms with Crippen molar-refractivity contribution in [2.45, 2.75) is 33.2 Å². The van der Waals surface area contributed by atoms with Gasteiger partial charge in [0.05, 0.1) is 11.6 Å². The molecule has 2 aromatic rings. The number of hydrogen-bond donors (Lipinski definition) is 2. The molecular weight excluding hydrogens is 342 g/mol. The molecule has 2 aromatic carbocycles. The Kier molecular flexibility index (Phi) is 5.04. The third kappa shape index (κ3) is 3.58. The maximum atomic E-state index is 12.9. The van der Waals surface area contributed by atoms with Gasteiger partial charge in [0.25, 0.3) is 5.91 Å². The summed E-state index contributed by atoms with van der Waals surface area (Å²) in [5, 5.41) is 20.5. The van der Waals surface area contributed by atoms with E-state index in [0.717, 1.165) is 5.56 Å². The van der Waals surface area contributed by atoms with Crippen molar-refractivity contribution >= 4 is 17.4 Å². The van der Waals surface area contributed by atoms with Gasteiger partial charge in [-0.3, -0.25) is 14.5 Å². The van der Waals surface area contributed by atoms with Crippen LogP contribution in [0.15, 0.2) is 59.9 Å². The van der Waals surface area contributed by atoms with Crippen LogP contribution < -0.4 is 4.90 Å². The molecule has 0 radical (unpaired) electrons. The van der Waals surface area contributed by atoms with Crippen LogP contribution in [0.3, 0.4) is 0 Å². The molecular formula is C22H23NO4. The number of anilines is 1. The van der Waals surface area contributed by atoms with Gasteiger partial charge in [-0.2, -0.15) is 0 Å². The highest BCUT2D eigenvalue weighted by Crippen LogP contribution is 2.42. The second kappa shape index (κ2) is 7.27. The number of benzene rings is 2. The number of aromatic hydroxyl groups is 1. The summed E-state index contributed by atoms with van der Waals surface area (Å²) in [6.45, 7) is 5.73. The average molecular weight is 365 g/mol. The maximum absolute atomic E-state index is 12.9. The molecule has 1 atom stereocenters. The summed E-state index contributed by atoms with van der Waals surface area (Å²) in [7, 11) is 0. The first kappa shape index (κ1) is 18.7. The fraction of sp³-hybridized carbons (Fsp3) is 0.273. The van der Waals surface area contributed by atoms with Gasteiger partial charge in [0.1, 0.15) is 5.75 Å². The van der Waals surface area contributed by atoms with Crippen molar-refractivity contribution in [3.63, 3.8) is 0 Å². The Morgan fingerprint density at radius 2 is 1.81 bits per heavy atom. The molecule has 2 N–H and O–H groups in total. The highest BCUT2D eigenvalue weighted by molar-refractivity contribution is 6.16. The van der Waals surface area contributed by atoms with Crippen molar-refractivity contribution in [1.29, 1.82) is 0 Å². The van der Waals surface area contributed by atoms with Gasteiger partial charge in [0.2, 0.25) is 0 Å². The van der Waals surface area contributed by atoms with Gasteiger partial charge < -0.3 is 10.2 Å². The number of carbonyl (C=O) groups is 2. The van der Waals surface area contributed by atoms with E-state index in [1.165, 1.54) is 17.0 Å².